The van der Waals surface area contributed by atoms with Crippen LogP contribution in [0.25, 0.3) is 0 Å². The number of carbonyl (C=O) groups is 2. The minimum absolute atomic E-state index is 0.0827. The van der Waals surface area contributed by atoms with Crippen LogP contribution in [0.1, 0.15) is 54.2 Å². The second-order valence-corrected chi connectivity index (χ2v) is 9.34. The van der Waals surface area contributed by atoms with Crippen molar-refractivity contribution in [2.75, 3.05) is 19.7 Å². The maximum Gasteiger partial charge on any atom is 0.338 e. The van der Waals surface area contributed by atoms with Crippen LogP contribution in [0.2, 0.25) is 0 Å². The molecule has 8 heteroatoms. The largest absolute Gasteiger partial charge is 0.452 e. The highest BCUT2D eigenvalue weighted by Gasteiger charge is 2.23. The number of fused-ring (bicyclic) bond motifs is 1. The minimum Gasteiger partial charge on any atom is -0.452 e. The van der Waals surface area contributed by atoms with E-state index in [4.69, 9.17) is 4.74 Å². The number of esters is 1. The number of nitrogens with zero attached hydrogens (tertiary/aromatic N) is 1. The normalized spacial score (nSPS) is 15.9. The summed E-state index contributed by atoms with van der Waals surface area (Å²) in [5, 5.41) is 2.94. The lowest BCUT2D eigenvalue weighted by Crippen LogP contribution is -2.34. The van der Waals surface area contributed by atoms with Crippen LogP contribution in [-0.4, -0.2) is 44.3 Å². The molecule has 0 saturated heterocycles. The van der Waals surface area contributed by atoms with Gasteiger partial charge in [-0.25, -0.2) is 13.2 Å². The van der Waals surface area contributed by atoms with Crippen LogP contribution in [0, 0.1) is 0 Å². The van der Waals surface area contributed by atoms with E-state index in [0.29, 0.717) is 13.1 Å². The van der Waals surface area contributed by atoms with Gasteiger partial charge in [-0.2, -0.15) is 4.31 Å². The summed E-state index contributed by atoms with van der Waals surface area (Å²) in [7, 11) is -3.59. The van der Waals surface area contributed by atoms with Gasteiger partial charge in [0.1, 0.15) is 0 Å². The van der Waals surface area contributed by atoms with Crippen LogP contribution in [0.3, 0.4) is 0 Å². The molecule has 31 heavy (non-hydrogen) atoms. The number of ether oxygens (including phenoxy) is 1. The smallest absolute Gasteiger partial charge is 0.338 e. The molecule has 1 amide bonds. The molecule has 0 aromatic heterocycles. The average Bonchev–Trinajstić information content (AvgIpc) is 2.78. The van der Waals surface area contributed by atoms with Crippen LogP contribution < -0.4 is 5.32 Å². The van der Waals surface area contributed by atoms with E-state index in [1.807, 2.05) is 18.2 Å². The van der Waals surface area contributed by atoms with Crippen LogP contribution in [0.5, 0.6) is 0 Å². The molecule has 0 spiro atoms. The van der Waals surface area contributed by atoms with Crippen LogP contribution in [0.15, 0.2) is 53.4 Å². The van der Waals surface area contributed by atoms with Crippen molar-refractivity contribution in [3.05, 3.63) is 65.2 Å². The Kier molecular flexibility index (Phi) is 7.46. The van der Waals surface area contributed by atoms with Crippen molar-refractivity contribution >= 4 is 21.9 Å². The van der Waals surface area contributed by atoms with Crippen molar-refractivity contribution in [3.8, 4) is 0 Å². The lowest BCUT2D eigenvalue weighted by atomic mass is 9.88. The fourth-order valence-corrected chi connectivity index (χ4v) is 5.29. The second kappa shape index (κ2) is 10.1. The van der Waals surface area contributed by atoms with Gasteiger partial charge < -0.3 is 10.1 Å². The Morgan fingerprint density at radius 3 is 2.42 bits per heavy atom. The van der Waals surface area contributed by atoms with Crippen molar-refractivity contribution < 1.29 is 22.7 Å². The highest BCUT2D eigenvalue weighted by molar-refractivity contribution is 7.89. The van der Waals surface area contributed by atoms with E-state index < -0.39 is 22.6 Å². The van der Waals surface area contributed by atoms with Gasteiger partial charge in [0.05, 0.1) is 16.5 Å². The number of nitrogens with one attached hydrogen (secondary N) is 1. The van der Waals surface area contributed by atoms with Gasteiger partial charge in [0.15, 0.2) is 6.61 Å². The molecule has 0 heterocycles. The molecule has 166 valence electrons. The maximum atomic E-state index is 12.5. The zero-order chi connectivity index (χ0) is 22.4. The molecule has 0 radical (unpaired) electrons. The first kappa shape index (κ1) is 23.0. The Labute approximate surface area is 183 Å². The van der Waals surface area contributed by atoms with Crippen molar-refractivity contribution in [2.45, 2.75) is 44.0 Å². The van der Waals surface area contributed by atoms with E-state index in [1.54, 1.807) is 13.8 Å². The van der Waals surface area contributed by atoms with Gasteiger partial charge in [-0.05, 0) is 54.7 Å². The Balaban J connectivity index is 1.57. The number of hydrogen-bond donors (Lipinski definition) is 1. The molecular weight excluding hydrogens is 416 g/mol. The Bertz CT molecular complexity index is 1030. The van der Waals surface area contributed by atoms with Crippen LogP contribution >= 0.6 is 0 Å². The van der Waals surface area contributed by atoms with Gasteiger partial charge in [-0.3, -0.25) is 4.79 Å². The molecule has 1 N–H and O–H groups in total. The molecule has 0 saturated carbocycles. The molecule has 0 unspecified atom stereocenters. The lowest BCUT2D eigenvalue weighted by Gasteiger charge is -2.26. The highest BCUT2D eigenvalue weighted by atomic mass is 32.2. The number of rotatable bonds is 8. The van der Waals surface area contributed by atoms with E-state index in [1.165, 1.54) is 34.1 Å². The Morgan fingerprint density at radius 1 is 1.06 bits per heavy atom. The summed E-state index contributed by atoms with van der Waals surface area (Å²) in [4.78, 5) is 24.7. The minimum atomic E-state index is -3.59. The number of sulfonamides is 1. The van der Waals surface area contributed by atoms with Crippen LogP contribution in [0.4, 0.5) is 0 Å². The second-order valence-electron chi connectivity index (χ2n) is 7.40. The standard InChI is InChI=1S/C23H28N2O5S/c1-3-25(4-2)31(28,29)19-14-12-18(13-15-19)23(27)30-16-22(26)24-21-11-7-9-17-8-5-6-10-20(17)21/h5-6,8,10,12-15,21H,3-4,7,9,11,16H2,1-2H3,(H,24,26)/t21-/m0/s1. The number of amides is 1. The Hall–Kier alpha value is -2.71. The summed E-state index contributed by atoms with van der Waals surface area (Å²) >= 11 is 0. The monoisotopic (exact) mass is 444 g/mol. The van der Waals surface area contributed by atoms with Gasteiger partial charge in [-0.1, -0.05) is 38.1 Å². The molecule has 2 aromatic carbocycles. The van der Waals surface area contributed by atoms with Gasteiger partial charge in [0.2, 0.25) is 10.0 Å². The zero-order valence-electron chi connectivity index (χ0n) is 17.8. The fourth-order valence-electron chi connectivity index (χ4n) is 3.83. The van der Waals surface area contributed by atoms with E-state index in [-0.39, 0.29) is 22.4 Å². The van der Waals surface area contributed by atoms with Crippen molar-refractivity contribution in [1.82, 2.24) is 9.62 Å². The lowest BCUT2D eigenvalue weighted by molar-refractivity contribution is -0.125. The van der Waals surface area contributed by atoms with Crippen LogP contribution in [-0.2, 0) is 26.0 Å². The van der Waals surface area contributed by atoms with Crippen molar-refractivity contribution in [2.24, 2.45) is 0 Å². The average molecular weight is 445 g/mol. The van der Waals surface area contributed by atoms with Gasteiger partial charge in [-0.15, -0.1) is 0 Å². The van der Waals surface area contributed by atoms with Crippen molar-refractivity contribution in [3.63, 3.8) is 0 Å². The van der Waals surface area contributed by atoms with Crippen molar-refractivity contribution in [1.29, 1.82) is 0 Å². The summed E-state index contributed by atoms with van der Waals surface area (Å²) in [6, 6.07) is 13.5. The molecule has 2 aromatic rings. The van der Waals surface area contributed by atoms with Gasteiger partial charge in [0.25, 0.3) is 5.91 Å². The number of carbonyl (C=O) groups excluding carboxylic acids is 2. The molecule has 7 nitrogen and oxygen atoms in total. The molecular formula is C23H28N2O5S. The topological polar surface area (TPSA) is 92.8 Å². The molecule has 1 aliphatic carbocycles. The third kappa shape index (κ3) is 5.32. The third-order valence-electron chi connectivity index (χ3n) is 5.47. The summed E-state index contributed by atoms with van der Waals surface area (Å²) < 4.78 is 31.5. The third-order valence-corrected chi connectivity index (χ3v) is 7.54. The molecule has 1 atom stereocenters. The van der Waals surface area contributed by atoms with E-state index in [9.17, 15) is 18.0 Å². The first-order chi connectivity index (χ1) is 14.9. The number of benzene rings is 2. The summed E-state index contributed by atoms with van der Waals surface area (Å²) in [6.07, 6.45) is 2.83. The fraction of sp³-hybridized carbons (Fsp3) is 0.391. The first-order valence-electron chi connectivity index (χ1n) is 10.5. The molecule has 0 fully saturated rings. The SMILES string of the molecule is CCN(CC)S(=O)(=O)c1ccc(C(=O)OCC(=O)N[C@H]2CCCc3ccccc32)cc1. The molecule has 3 rings (SSSR count). The van der Waals surface area contributed by atoms with E-state index in [2.05, 4.69) is 11.4 Å². The predicted octanol–water partition coefficient (Wildman–Crippen LogP) is 3.07. The summed E-state index contributed by atoms with van der Waals surface area (Å²) in [5.74, 6) is -1.04. The van der Waals surface area contributed by atoms with Gasteiger partial charge >= 0.3 is 5.97 Å². The number of hydrogen-bond acceptors (Lipinski definition) is 5. The molecule has 0 bridgehead atoms. The molecule has 0 aliphatic heterocycles. The van der Waals surface area contributed by atoms with E-state index >= 15 is 0 Å². The summed E-state index contributed by atoms with van der Waals surface area (Å²) in [6.45, 7) is 3.87. The quantitative estimate of drug-likeness (QED) is 0.632. The maximum absolute atomic E-state index is 12.5. The predicted molar refractivity (Wildman–Crippen MR) is 117 cm³/mol. The molecule has 1 aliphatic rings. The number of aryl methyl sites for hydroxylation is 1. The Morgan fingerprint density at radius 2 is 1.74 bits per heavy atom. The highest BCUT2D eigenvalue weighted by Crippen LogP contribution is 2.29. The zero-order valence-corrected chi connectivity index (χ0v) is 18.7. The first-order valence-corrected chi connectivity index (χ1v) is 11.9. The summed E-state index contributed by atoms with van der Waals surface area (Å²) in [5.41, 5.74) is 2.53. The van der Waals surface area contributed by atoms with Gasteiger partial charge in [0, 0.05) is 13.1 Å². The van der Waals surface area contributed by atoms with E-state index in [0.717, 1.165) is 24.8 Å².